The van der Waals surface area contributed by atoms with Crippen molar-refractivity contribution in [3.63, 3.8) is 0 Å². The molecule has 1 fully saturated rings. The highest BCUT2D eigenvalue weighted by molar-refractivity contribution is 6.21. The van der Waals surface area contributed by atoms with Crippen LogP contribution in [0.2, 0.25) is 0 Å². The van der Waals surface area contributed by atoms with Gasteiger partial charge in [0.05, 0.1) is 6.54 Å². The summed E-state index contributed by atoms with van der Waals surface area (Å²) in [7, 11) is 1.89. The van der Waals surface area contributed by atoms with Crippen LogP contribution < -0.4 is 5.32 Å². The molecule has 1 saturated carbocycles. The molecular formula is C9H15ClN4. The minimum absolute atomic E-state index is 0.281. The molecule has 5 heteroatoms. The van der Waals surface area contributed by atoms with E-state index in [2.05, 4.69) is 15.4 Å². The van der Waals surface area contributed by atoms with Gasteiger partial charge in [0, 0.05) is 19.0 Å². The fourth-order valence-corrected chi connectivity index (χ4v) is 1.79. The predicted octanol–water partition coefficient (Wildman–Crippen LogP) is 0.922. The van der Waals surface area contributed by atoms with E-state index in [-0.39, 0.29) is 5.38 Å². The zero-order valence-corrected chi connectivity index (χ0v) is 9.04. The molecule has 0 radical (unpaired) electrons. The van der Waals surface area contributed by atoms with Crippen LogP contribution in [0.25, 0.3) is 0 Å². The lowest BCUT2D eigenvalue weighted by atomic mass is 10.3. The lowest BCUT2D eigenvalue weighted by Gasteiger charge is -2.08. The Morgan fingerprint density at radius 1 is 1.71 bits per heavy atom. The van der Waals surface area contributed by atoms with Crippen molar-refractivity contribution in [2.24, 2.45) is 13.0 Å². The molecule has 0 aliphatic heterocycles. The summed E-state index contributed by atoms with van der Waals surface area (Å²) in [6, 6.07) is 0. The lowest BCUT2D eigenvalue weighted by molar-refractivity contribution is 0.582. The van der Waals surface area contributed by atoms with Gasteiger partial charge in [-0.1, -0.05) is 0 Å². The second-order valence-corrected chi connectivity index (χ2v) is 4.34. The van der Waals surface area contributed by atoms with Crippen LogP contribution in [0.3, 0.4) is 0 Å². The molecular weight excluding hydrogens is 200 g/mol. The first kappa shape index (κ1) is 9.93. The van der Waals surface area contributed by atoms with Gasteiger partial charge in [-0.2, -0.15) is 5.10 Å². The van der Waals surface area contributed by atoms with Crippen molar-refractivity contribution < 1.29 is 0 Å². The van der Waals surface area contributed by atoms with Gasteiger partial charge in [-0.3, -0.25) is 4.68 Å². The maximum atomic E-state index is 6.15. The van der Waals surface area contributed by atoms with Crippen LogP contribution in [-0.4, -0.2) is 26.7 Å². The molecule has 14 heavy (non-hydrogen) atoms. The Labute approximate surface area is 88.7 Å². The third-order valence-electron chi connectivity index (χ3n) is 2.56. The van der Waals surface area contributed by atoms with Crippen molar-refractivity contribution in [3.05, 3.63) is 12.2 Å². The number of aryl methyl sites for hydroxylation is 1. The summed E-state index contributed by atoms with van der Waals surface area (Å²) in [6.45, 7) is 1.60. The van der Waals surface area contributed by atoms with Crippen molar-refractivity contribution in [3.8, 4) is 0 Å². The Kier molecular flexibility index (Phi) is 3.03. The second kappa shape index (κ2) is 4.28. The van der Waals surface area contributed by atoms with Crippen LogP contribution in [0, 0.1) is 5.92 Å². The molecule has 0 spiro atoms. The van der Waals surface area contributed by atoms with E-state index in [4.69, 9.17) is 11.6 Å². The van der Waals surface area contributed by atoms with Gasteiger partial charge in [-0.05, 0) is 18.8 Å². The summed E-state index contributed by atoms with van der Waals surface area (Å²) in [5.74, 6) is 1.69. The minimum Gasteiger partial charge on any atom is -0.308 e. The first-order chi connectivity index (χ1) is 6.77. The maximum absolute atomic E-state index is 6.15. The average molecular weight is 215 g/mol. The van der Waals surface area contributed by atoms with Crippen molar-refractivity contribution in [2.45, 2.75) is 24.8 Å². The van der Waals surface area contributed by atoms with Gasteiger partial charge in [-0.25, -0.2) is 4.98 Å². The van der Waals surface area contributed by atoms with Crippen molar-refractivity contribution in [1.29, 1.82) is 0 Å². The molecule has 0 saturated heterocycles. The van der Waals surface area contributed by atoms with Crippen LogP contribution >= 0.6 is 11.6 Å². The molecule has 1 aromatic rings. The van der Waals surface area contributed by atoms with Gasteiger partial charge in [0.15, 0.2) is 0 Å². The van der Waals surface area contributed by atoms with Crippen molar-refractivity contribution in [2.75, 3.05) is 6.54 Å². The number of halogens is 1. The van der Waals surface area contributed by atoms with Gasteiger partial charge in [0.1, 0.15) is 12.2 Å². The predicted molar refractivity (Wildman–Crippen MR) is 55.1 cm³/mol. The van der Waals surface area contributed by atoms with Crippen molar-refractivity contribution in [1.82, 2.24) is 20.1 Å². The zero-order valence-electron chi connectivity index (χ0n) is 8.28. The smallest absolute Gasteiger partial charge is 0.140 e. The average Bonchev–Trinajstić information content (AvgIpc) is 2.93. The highest BCUT2D eigenvalue weighted by atomic mass is 35.5. The number of nitrogens with one attached hydrogen (secondary N) is 1. The van der Waals surface area contributed by atoms with Gasteiger partial charge in [-0.15, -0.1) is 11.6 Å². The monoisotopic (exact) mass is 214 g/mol. The quantitative estimate of drug-likeness (QED) is 0.742. The van der Waals surface area contributed by atoms with E-state index in [0.29, 0.717) is 0 Å². The standard InChI is InChI=1S/C9H15ClN4/c1-14-9(12-6-13-14)5-11-4-8(10)7-2-3-7/h6-8,11H,2-5H2,1H3. The Morgan fingerprint density at radius 3 is 3.07 bits per heavy atom. The summed E-state index contributed by atoms with van der Waals surface area (Å²) >= 11 is 6.15. The molecule has 2 rings (SSSR count). The van der Waals surface area contributed by atoms with Crippen LogP contribution in [0.1, 0.15) is 18.7 Å². The molecule has 78 valence electrons. The summed E-state index contributed by atoms with van der Waals surface area (Å²) in [4.78, 5) is 4.12. The molecule has 1 aliphatic carbocycles. The van der Waals surface area contributed by atoms with Gasteiger partial charge < -0.3 is 5.32 Å². The molecule has 0 aromatic carbocycles. The molecule has 1 aromatic heterocycles. The fraction of sp³-hybridized carbons (Fsp3) is 0.778. The Hall–Kier alpha value is -0.610. The number of hydrogen-bond acceptors (Lipinski definition) is 3. The third kappa shape index (κ3) is 2.45. The highest BCUT2D eigenvalue weighted by Gasteiger charge is 2.29. The largest absolute Gasteiger partial charge is 0.308 e. The second-order valence-electron chi connectivity index (χ2n) is 3.78. The van der Waals surface area contributed by atoms with Gasteiger partial charge in [0.25, 0.3) is 0 Å². The number of rotatable bonds is 5. The molecule has 0 amide bonds. The Balaban J connectivity index is 1.69. The topological polar surface area (TPSA) is 42.7 Å². The van der Waals surface area contributed by atoms with Crippen LogP contribution in [0.5, 0.6) is 0 Å². The number of aromatic nitrogens is 3. The van der Waals surface area contributed by atoms with E-state index >= 15 is 0 Å². The third-order valence-corrected chi connectivity index (χ3v) is 3.07. The molecule has 1 heterocycles. The summed E-state index contributed by atoms with van der Waals surface area (Å²) in [5, 5.41) is 7.57. The Bertz CT molecular complexity index is 295. The number of alkyl halides is 1. The van der Waals surface area contributed by atoms with E-state index in [9.17, 15) is 0 Å². The van der Waals surface area contributed by atoms with E-state index in [1.54, 1.807) is 11.0 Å². The van der Waals surface area contributed by atoms with Gasteiger partial charge in [0.2, 0.25) is 0 Å². The van der Waals surface area contributed by atoms with E-state index < -0.39 is 0 Å². The zero-order chi connectivity index (χ0) is 9.97. The van der Waals surface area contributed by atoms with E-state index in [1.165, 1.54) is 12.8 Å². The molecule has 1 N–H and O–H groups in total. The Morgan fingerprint density at radius 2 is 2.50 bits per heavy atom. The van der Waals surface area contributed by atoms with Crippen LogP contribution in [0.4, 0.5) is 0 Å². The van der Waals surface area contributed by atoms with Crippen LogP contribution in [0.15, 0.2) is 6.33 Å². The summed E-state index contributed by atoms with van der Waals surface area (Å²) in [5.41, 5.74) is 0. The van der Waals surface area contributed by atoms with E-state index in [0.717, 1.165) is 24.8 Å². The lowest BCUT2D eigenvalue weighted by Crippen LogP contribution is -2.25. The summed E-state index contributed by atoms with van der Waals surface area (Å²) < 4.78 is 1.77. The molecule has 1 atom stereocenters. The fourth-order valence-electron chi connectivity index (χ4n) is 1.43. The van der Waals surface area contributed by atoms with Crippen LogP contribution in [-0.2, 0) is 13.6 Å². The maximum Gasteiger partial charge on any atom is 0.140 e. The normalized spacial score (nSPS) is 18.4. The first-order valence-corrected chi connectivity index (χ1v) is 5.38. The molecule has 4 nitrogen and oxygen atoms in total. The number of hydrogen-bond donors (Lipinski definition) is 1. The minimum atomic E-state index is 0.281. The summed E-state index contributed by atoms with van der Waals surface area (Å²) in [6.07, 6.45) is 4.15. The number of nitrogens with zero attached hydrogens (tertiary/aromatic N) is 3. The molecule has 0 bridgehead atoms. The molecule has 1 unspecified atom stereocenters. The van der Waals surface area contributed by atoms with Gasteiger partial charge >= 0.3 is 0 Å². The SMILES string of the molecule is Cn1ncnc1CNCC(Cl)C1CC1. The van der Waals surface area contributed by atoms with E-state index in [1.807, 2.05) is 7.05 Å². The highest BCUT2D eigenvalue weighted by Crippen LogP contribution is 2.35. The first-order valence-electron chi connectivity index (χ1n) is 4.95. The molecule has 1 aliphatic rings. The van der Waals surface area contributed by atoms with Crippen molar-refractivity contribution >= 4 is 11.6 Å².